The zero-order valence-corrected chi connectivity index (χ0v) is 19.9. The van der Waals surface area contributed by atoms with Crippen LogP contribution in [0.1, 0.15) is 18.1 Å². The third-order valence-corrected chi connectivity index (χ3v) is 5.37. The van der Waals surface area contributed by atoms with Crippen molar-refractivity contribution in [1.82, 2.24) is 0 Å². The van der Waals surface area contributed by atoms with Gasteiger partial charge in [-0.2, -0.15) is 0 Å². The summed E-state index contributed by atoms with van der Waals surface area (Å²) in [6.07, 6.45) is 2.94. The molecule has 0 saturated heterocycles. The Morgan fingerprint density at radius 1 is 1.15 bits per heavy atom. The molecular weight excluding hydrogens is 512 g/mol. The van der Waals surface area contributed by atoms with Crippen LogP contribution < -0.4 is 14.8 Å². The van der Waals surface area contributed by atoms with Crippen molar-refractivity contribution in [3.8, 4) is 11.5 Å². The molecule has 1 N–H and O–H groups in total. The van der Waals surface area contributed by atoms with Crippen LogP contribution in [0.5, 0.6) is 11.5 Å². The minimum Gasteiger partial charge on any atom is -0.490 e. The second kappa shape index (κ2) is 11.5. The summed E-state index contributed by atoms with van der Waals surface area (Å²) in [6, 6.07) is 16.7. The number of carbonyl (C=O) groups is 1. The Morgan fingerprint density at radius 3 is 2.67 bits per heavy atom. The highest BCUT2D eigenvalue weighted by molar-refractivity contribution is 9.10. The first-order valence-electron chi connectivity index (χ1n) is 9.93. The standard InChI is InChI=1S/C24H20BrClN2O5/c1-2-32-22-13-16(10-11-23(29)27-18-7-5-8-19(14-18)28(30)31)12-20(25)24(22)33-15-17-6-3-4-9-21(17)26/h3-14H,2,15H2,1H3,(H,27,29)/b11-10+. The van der Waals surface area contributed by atoms with E-state index in [1.54, 1.807) is 30.3 Å². The molecule has 1 amide bonds. The smallest absolute Gasteiger partial charge is 0.271 e. The lowest BCUT2D eigenvalue weighted by molar-refractivity contribution is -0.384. The van der Waals surface area contributed by atoms with Crippen LogP contribution in [-0.4, -0.2) is 17.4 Å². The van der Waals surface area contributed by atoms with E-state index in [4.69, 9.17) is 21.1 Å². The number of hydrogen-bond acceptors (Lipinski definition) is 5. The van der Waals surface area contributed by atoms with Crippen molar-refractivity contribution >= 4 is 50.9 Å². The summed E-state index contributed by atoms with van der Waals surface area (Å²) >= 11 is 9.71. The number of nitro benzene ring substituents is 1. The van der Waals surface area contributed by atoms with Gasteiger partial charge >= 0.3 is 0 Å². The third-order valence-electron chi connectivity index (χ3n) is 4.41. The Morgan fingerprint density at radius 2 is 1.94 bits per heavy atom. The predicted octanol–water partition coefficient (Wildman–Crippen LogP) is 6.64. The van der Waals surface area contributed by atoms with E-state index in [1.165, 1.54) is 24.3 Å². The summed E-state index contributed by atoms with van der Waals surface area (Å²) < 4.78 is 12.3. The molecule has 0 radical (unpaired) electrons. The maximum atomic E-state index is 12.3. The van der Waals surface area contributed by atoms with Gasteiger partial charge in [0, 0.05) is 34.5 Å². The minimum atomic E-state index is -0.520. The Hall–Kier alpha value is -3.36. The number of halogens is 2. The number of nitrogens with one attached hydrogen (secondary N) is 1. The molecule has 170 valence electrons. The van der Waals surface area contributed by atoms with Gasteiger partial charge in [0.2, 0.25) is 5.91 Å². The van der Waals surface area contributed by atoms with E-state index in [-0.39, 0.29) is 12.3 Å². The first-order chi connectivity index (χ1) is 15.9. The van der Waals surface area contributed by atoms with Gasteiger partial charge in [0.05, 0.1) is 16.0 Å². The van der Waals surface area contributed by atoms with E-state index in [9.17, 15) is 14.9 Å². The number of hydrogen-bond donors (Lipinski definition) is 1. The molecule has 0 aliphatic heterocycles. The lowest BCUT2D eigenvalue weighted by atomic mass is 10.1. The lowest BCUT2D eigenvalue weighted by Gasteiger charge is -2.15. The molecule has 33 heavy (non-hydrogen) atoms. The highest BCUT2D eigenvalue weighted by Gasteiger charge is 2.13. The fourth-order valence-corrected chi connectivity index (χ4v) is 3.67. The number of non-ortho nitro benzene ring substituents is 1. The molecular formula is C24H20BrClN2O5. The summed E-state index contributed by atoms with van der Waals surface area (Å²) in [7, 11) is 0. The van der Waals surface area contributed by atoms with Crippen LogP contribution in [0, 0.1) is 10.1 Å². The van der Waals surface area contributed by atoms with Crippen LogP contribution >= 0.6 is 27.5 Å². The Labute approximate surface area is 204 Å². The fourth-order valence-electron chi connectivity index (χ4n) is 2.91. The van der Waals surface area contributed by atoms with Gasteiger partial charge < -0.3 is 14.8 Å². The molecule has 3 rings (SSSR count). The van der Waals surface area contributed by atoms with Gasteiger partial charge in [0.1, 0.15) is 6.61 Å². The van der Waals surface area contributed by atoms with Crippen molar-refractivity contribution in [2.75, 3.05) is 11.9 Å². The van der Waals surface area contributed by atoms with E-state index in [0.29, 0.717) is 38.9 Å². The number of carbonyl (C=O) groups excluding carboxylic acids is 1. The first-order valence-corrected chi connectivity index (χ1v) is 11.1. The van der Waals surface area contributed by atoms with Crippen LogP contribution in [0.2, 0.25) is 5.02 Å². The van der Waals surface area contributed by atoms with Crippen molar-refractivity contribution in [1.29, 1.82) is 0 Å². The van der Waals surface area contributed by atoms with Gasteiger partial charge in [0.15, 0.2) is 11.5 Å². The molecule has 0 spiro atoms. The molecule has 0 fully saturated rings. The lowest BCUT2D eigenvalue weighted by Crippen LogP contribution is -2.07. The average Bonchev–Trinajstić information content (AvgIpc) is 2.78. The van der Waals surface area contributed by atoms with Crippen molar-refractivity contribution in [2.45, 2.75) is 13.5 Å². The minimum absolute atomic E-state index is 0.102. The number of anilines is 1. The second-order valence-electron chi connectivity index (χ2n) is 6.77. The molecule has 3 aromatic carbocycles. The highest BCUT2D eigenvalue weighted by atomic mass is 79.9. The summed E-state index contributed by atoms with van der Waals surface area (Å²) in [5.41, 5.74) is 1.77. The maximum absolute atomic E-state index is 12.3. The first kappa shape index (κ1) is 24.3. The third kappa shape index (κ3) is 6.81. The maximum Gasteiger partial charge on any atom is 0.271 e. The molecule has 0 aliphatic carbocycles. The number of nitro groups is 1. The number of benzene rings is 3. The predicted molar refractivity (Wildman–Crippen MR) is 132 cm³/mol. The SMILES string of the molecule is CCOc1cc(/C=C/C(=O)Nc2cccc([N+](=O)[O-])c2)cc(Br)c1OCc1ccccc1Cl. The monoisotopic (exact) mass is 530 g/mol. The average molecular weight is 532 g/mol. The number of amides is 1. The highest BCUT2D eigenvalue weighted by Crippen LogP contribution is 2.38. The van der Waals surface area contributed by atoms with Crippen molar-refractivity contribution in [2.24, 2.45) is 0 Å². The molecule has 3 aromatic rings. The molecule has 0 saturated carbocycles. The molecule has 0 unspecified atom stereocenters. The Balaban J connectivity index is 1.74. The fraction of sp³-hybridized carbons (Fsp3) is 0.125. The Bertz CT molecular complexity index is 1200. The van der Waals surface area contributed by atoms with Crippen molar-refractivity contribution in [3.05, 3.63) is 97.5 Å². The number of ether oxygens (including phenoxy) is 2. The van der Waals surface area contributed by atoms with Gasteiger partial charge in [-0.3, -0.25) is 14.9 Å². The summed E-state index contributed by atoms with van der Waals surface area (Å²) in [5.74, 6) is 0.608. The summed E-state index contributed by atoms with van der Waals surface area (Å²) in [4.78, 5) is 22.6. The van der Waals surface area contributed by atoms with Crippen molar-refractivity contribution in [3.63, 3.8) is 0 Å². The van der Waals surface area contributed by atoms with Crippen LogP contribution in [-0.2, 0) is 11.4 Å². The van der Waals surface area contributed by atoms with Gasteiger partial charge in [0.25, 0.3) is 5.69 Å². The topological polar surface area (TPSA) is 90.7 Å². The molecule has 0 heterocycles. The van der Waals surface area contributed by atoms with E-state index in [1.807, 2.05) is 25.1 Å². The van der Waals surface area contributed by atoms with Crippen LogP contribution in [0.25, 0.3) is 6.08 Å². The van der Waals surface area contributed by atoms with Gasteiger partial charge in [-0.15, -0.1) is 0 Å². The number of rotatable bonds is 9. The van der Waals surface area contributed by atoms with Gasteiger partial charge in [-0.25, -0.2) is 0 Å². The normalized spacial score (nSPS) is 10.8. The van der Waals surface area contributed by atoms with E-state index >= 15 is 0 Å². The molecule has 9 heteroatoms. The molecule has 7 nitrogen and oxygen atoms in total. The Kier molecular flexibility index (Phi) is 8.46. The summed E-state index contributed by atoms with van der Waals surface area (Å²) in [6.45, 7) is 2.55. The molecule has 0 aromatic heterocycles. The summed E-state index contributed by atoms with van der Waals surface area (Å²) in [5, 5.41) is 14.1. The second-order valence-corrected chi connectivity index (χ2v) is 8.03. The number of nitrogens with zero attached hydrogens (tertiary/aromatic N) is 1. The van der Waals surface area contributed by atoms with Crippen LogP contribution in [0.4, 0.5) is 11.4 Å². The largest absolute Gasteiger partial charge is 0.490 e. The zero-order valence-electron chi connectivity index (χ0n) is 17.6. The van der Waals surface area contributed by atoms with E-state index in [2.05, 4.69) is 21.2 Å². The van der Waals surface area contributed by atoms with Crippen LogP contribution in [0.3, 0.4) is 0 Å². The van der Waals surface area contributed by atoms with E-state index in [0.717, 1.165) is 5.56 Å². The molecule has 0 aliphatic rings. The molecule has 0 bridgehead atoms. The van der Waals surface area contributed by atoms with Crippen LogP contribution in [0.15, 0.2) is 71.2 Å². The van der Waals surface area contributed by atoms with Crippen molar-refractivity contribution < 1.29 is 19.2 Å². The zero-order chi connectivity index (χ0) is 23.8. The van der Waals surface area contributed by atoms with Gasteiger partial charge in [-0.1, -0.05) is 35.9 Å². The van der Waals surface area contributed by atoms with E-state index < -0.39 is 10.8 Å². The van der Waals surface area contributed by atoms with Gasteiger partial charge in [-0.05, 0) is 58.8 Å². The molecule has 0 atom stereocenters. The quantitative estimate of drug-likeness (QED) is 0.190.